The molecule has 2 aliphatic rings. The standard InChI is InChI=1S/C24H38O2/c1-3-19(4-2)21-13-15-23(16-14-21)25-18-26-24-12-8-11-22(17-24)20-9-6-5-7-10-20/h13-16,19-20,22,24H,3-12,17-18H2,1-2H3. The molecule has 2 unspecified atom stereocenters. The second kappa shape index (κ2) is 10.3. The van der Waals surface area contributed by atoms with Crippen LogP contribution in [0.1, 0.15) is 96.0 Å². The van der Waals surface area contributed by atoms with Gasteiger partial charge in [-0.2, -0.15) is 0 Å². The molecule has 3 rings (SSSR count). The first-order valence-corrected chi connectivity index (χ1v) is 11.1. The fraction of sp³-hybridized carbons (Fsp3) is 0.750. The highest BCUT2D eigenvalue weighted by atomic mass is 16.7. The van der Waals surface area contributed by atoms with E-state index in [1.54, 1.807) is 0 Å². The molecule has 2 saturated carbocycles. The van der Waals surface area contributed by atoms with Gasteiger partial charge in [-0.3, -0.25) is 0 Å². The molecule has 2 aliphatic carbocycles. The Labute approximate surface area is 160 Å². The average molecular weight is 359 g/mol. The summed E-state index contributed by atoms with van der Waals surface area (Å²) in [5.74, 6) is 3.46. The van der Waals surface area contributed by atoms with Gasteiger partial charge in [-0.25, -0.2) is 0 Å². The highest BCUT2D eigenvalue weighted by Gasteiger charge is 2.29. The lowest BCUT2D eigenvalue weighted by Gasteiger charge is -2.36. The van der Waals surface area contributed by atoms with E-state index in [2.05, 4.69) is 38.1 Å². The van der Waals surface area contributed by atoms with Crippen LogP contribution in [0.5, 0.6) is 5.75 Å². The van der Waals surface area contributed by atoms with Crippen LogP contribution >= 0.6 is 0 Å². The molecule has 0 amide bonds. The lowest BCUT2D eigenvalue weighted by molar-refractivity contribution is -0.0641. The highest BCUT2D eigenvalue weighted by Crippen LogP contribution is 2.39. The van der Waals surface area contributed by atoms with Gasteiger partial charge in [-0.15, -0.1) is 0 Å². The Morgan fingerprint density at radius 2 is 1.54 bits per heavy atom. The van der Waals surface area contributed by atoms with Gasteiger partial charge < -0.3 is 9.47 Å². The molecule has 0 spiro atoms. The number of benzene rings is 1. The van der Waals surface area contributed by atoms with Crippen molar-refractivity contribution in [1.29, 1.82) is 0 Å². The van der Waals surface area contributed by atoms with E-state index in [9.17, 15) is 0 Å². The van der Waals surface area contributed by atoms with Crippen molar-refractivity contribution in [2.75, 3.05) is 6.79 Å². The molecule has 0 aliphatic heterocycles. The van der Waals surface area contributed by atoms with Crippen LogP contribution in [0.2, 0.25) is 0 Å². The van der Waals surface area contributed by atoms with Crippen LogP contribution < -0.4 is 4.74 Å². The minimum Gasteiger partial charge on any atom is -0.468 e. The molecule has 0 aromatic heterocycles. The van der Waals surface area contributed by atoms with Crippen LogP contribution in [0.25, 0.3) is 0 Å². The Morgan fingerprint density at radius 3 is 2.23 bits per heavy atom. The van der Waals surface area contributed by atoms with Gasteiger partial charge in [0.1, 0.15) is 5.75 Å². The van der Waals surface area contributed by atoms with E-state index in [0.29, 0.717) is 18.8 Å². The Morgan fingerprint density at radius 1 is 0.846 bits per heavy atom. The van der Waals surface area contributed by atoms with Crippen molar-refractivity contribution in [1.82, 2.24) is 0 Å². The quantitative estimate of drug-likeness (QED) is 0.462. The first-order valence-electron chi connectivity index (χ1n) is 11.1. The molecule has 1 aromatic rings. The molecule has 2 fully saturated rings. The summed E-state index contributed by atoms with van der Waals surface area (Å²) in [7, 11) is 0. The van der Waals surface area contributed by atoms with E-state index >= 15 is 0 Å². The largest absolute Gasteiger partial charge is 0.468 e. The Balaban J connectivity index is 1.41. The third-order valence-corrected chi connectivity index (χ3v) is 6.85. The maximum atomic E-state index is 6.11. The van der Waals surface area contributed by atoms with Crippen molar-refractivity contribution < 1.29 is 9.47 Å². The third kappa shape index (κ3) is 5.49. The Bertz CT molecular complexity index is 499. The predicted octanol–water partition coefficient (Wildman–Crippen LogP) is 7.08. The first kappa shape index (κ1) is 19.7. The second-order valence-electron chi connectivity index (χ2n) is 8.46. The van der Waals surface area contributed by atoms with E-state index in [1.807, 2.05) is 0 Å². The van der Waals surface area contributed by atoms with Crippen molar-refractivity contribution in [2.24, 2.45) is 11.8 Å². The summed E-state index contributed by atoms with van der Waals surface area (Å²) in [6.45, 7) is 4.92. The molecule has 0 radical (unpaired) electrons. The van der Waals surface area contributed by atoms with Gasteiger partial charge in [0.25, 0.3) is 0 Å². The zero-order valence-corrected chi connectivity index (χ0v) is 16.9. The monoisotopic (exact) mass is 358 g/mol. The van der Waals surface area contributed by atoms with Crippen LogP contribution in [0, 0.1) is 11.8 Å². The van der Waals surface area contributed by atoms with Gasteiger partial charge >= 0.3 is 0 Å². The molecule has 1 aromatic carbocycles. The van der Waals surface area contributed by atoms with E-state index in [1.165, 1.54) is 76.2 Å². The van der Waals surface area contributed by atoms with Crippen molar-refractivity contribution in [3.8, 4) is 5.75 Å². The highest BCUT2D eigenvalue weighted by molar-refractivity contribution is 5.29. The third-order valence-electron chi connectivity index (χ3n) is 6.85. The van der Waals surface area contributed by atoms with Gasteiger partial charge in [0.2, 0.25) is 0 Å². The van der Waals surface area contributed by atoms with Crippen LogP contribution in [-0.4, -0.2) is 12.9 Å². The molecule has 0 heterocycles. The zero-order chi connectivity index (χ0) is 18.2. The van der Waals surface area contributed by atoms with Crippen LogP contribution in [0.3, 0.4) is 0 Å². The van der Waals surface area contributed by atoms with Gasteiger partial charge in [-0.05, 0) is 67.6 Å². The maximum Gasteiger partial charge on any atom is 0.189 e. The number of hydrogen-bond acceptors (Lipinski definition) is 2. The first-order chi connectivity index (χ1) is 12.8. The fourth-order valence-electron chi connectivity index (χ4n) is 5.16. The summed E-state index contributed by atoms with van der Waals surface area (Å²) >= 11 is 0. The van der Waals surface area contributed by atoms with Gasteiger partial charge in [-0.1, -0.05) is 64.5 Å². The zero-order valence-electron chi connectivity index (χ0n) is 16.9. The van der Waals surface area contributed by atoms with Crippen molar-refractivity contribution >= 4 is 0 Å². The molecular weight excluding hydrogens is 320 g/mol. The molecule has 26 heavy (non-hydrogen) atoms. The van der Waals surface area contributed by atoms with Gasteiger partial charge in [0.15, 0.2) is 6.79 Å². The van der Waals surface area contributed by atoms with E-state index < -0.39 is 0 Å². The lowest BCUT2D eigenvalue weighted by Crippen LogP contribution is -2.29. The van der Waals surface area contributed by atoms with E-state index in [0.717, 1.165) is 17.6 Å². The number of rotatable bonds is 8. The van der Waals surface area contributed by atoms with Crippen LogP contribution in [0.4, 0.5) is 0 Å². The van der Waals surface area contributed by atoms with Gasteiger partial charge in [0, 0.05) is 0 Å². The summed E-state index contributed by atoms with van der Waals surface area (Å²) in [6, 6.07) is 8.63. The summed E-state index contributed by atoms with van der Waals surface area (Å²) in [6.07, 6.45) is 15.3. The van der Waals surface area contributed by atoms with Crippen molar-refractivity contribution in [2.45, 2.75) is 96.5 Å². The SMILES string of the molecule is CCC(CC)c1ccc(OCOC2CCCC(C3CCCCC3)C2)cc1. The Kier molecular flexibility index (Phi) is 7.85. The molecular formula is C24H38O2. The molecule has 0 N–H and O–H groups in total. The number of hydrogen-bond donors (Lipinski definition) is 0. The number of ether oxygens (including phenoxy) is 2. The predicted molar refractivity (Wildman–Crippen MR) is 109 cm³/mol. The maximum absolute atomic E-state index is 6.11. The van der Waals surface area contributed by atoms with E-state index in [-0.39, 0.29) is 0 Å². The van der Waals surface area contributed by atoms with Crippen molar-refractivity contribution in [3.05, 3.63) is 29.8 Å². The molecule has 2 heteroatoms. The molecule has 0 bridgehead atoms. The molecule has 0 saturated heterocycles. The van der Waals surface area contributed by atoms with Crippen LogP contribution in [-0.2, 0) is 4.74 Å². The topological polar surface area (TPSA) is 18.5 Å². The smallest absolute Gasteiger partial charge is 0.189 e. The second-order valence-corrected chi connectivity index (χ2v) is 8.46. The summed E-state index contributed by atoms with van der Waals surface area (Å²) in [4.78, 5) is 0. The Hall–Kier alpha value is -1.02. The molecule has 146 valence electrons. The van der Waals surface area contributed by atoms with E-state index in [4.69, 9.17) is 9.47 Å². The molecule has 2 nitrogen and oxygen atoms in total. The molecule has 2 atom stereocenters. The lowest BCUT2D eigenvalue weighted by atomic mass is 9.73. The fourth-order valence-corrected chi connectivity index (χ4v) is 5.16. The summed E-state index contributed by atoms with van der Waals surface area (Å²) < 4.78 is 12.0. The summed E-state index contributed by atoms with van der Waals surface area (Å²) in [5, 5.41) is 0. The van der Waals surface area contributed by atoms with Crippen LogP contribution in [0.15, 0.2) is 24.3 Å². The van der Waals surface area contributed by atoms with Gasteiger partial charge in [0.05, 0.1) is 6.10 Å². The normalized spacial score (nSPS) is 24.7. The van der Waals surface area contributed by atoms with Crippen molar-refractivity contribution in [3.63, 3.8) is 0 Å². The minimum absolute atomic E-state index is 0.395. The minimum atomic E-state index is 0.395. The average Bonchev–Trinajstić information content (AvgIpc) is 2.71. The summed E-state index contributed by atoms with van der Waals surface area (Å²) in [5.41, 5.74) is 1.42.